The molecule has 0 saturated carbocycles. The zero-order valence-electron chi connectivity index (χ0n) is 10.6. The van der Waals surface area contributed by atoms with E-state index in [4.69, 9.17) is 4.74 Å². The normalized spacial score (nSPS) is 20.2. The molecule has 0 aliphatic carbocycles. The molecule has 1 aromatic carbocycles. The fraction of sp³-hybridized carbons (Fsp3) is 0.533. The summed E-state index contributed by atoms with van der Waals surface area (Å²) in [5.41, 5.74) is 1.08. The van der Waals surface area contributed by atoms with Crippen LogP contribution >= 0.6 is 0 Å². The van der Waals surface area contributed by atoms with Crippen molar-refractivity contribution in [2.75, 3.05) is 6.61 Å². The number of ether oxygens (including phenoxy) is 1. The van der Waals surface area contributed by atoms with Crippen LogP contribution in [0.3, 0.4) is 0 Å². The highest BCUT2D eigenvalue weighted by Gasteiger charge is 2.27. The summed E-state index contributed by atoms with van der Waals surface area (Å²) in [4.78, 5) is 12.3. The molecule has 2 atom stereocenters. The van der Waals surface area contributed by atoms with Crippen LogP contribution in [-0.2, 0) is 4.79 Å². The summed E-state index contributed by atoms with van der Waals surface area (Å²) in [5.74, 6) is 1.79. The van der Waals surface area contributed by atoms with E-state index in [9.17, 15) is 4.79 Å². The maximum Gasteiger partial charge on any atom is 0.140 e. The minimum atomic E-state index is 0.0500. The molecule has 0 amide bonds. The Morgan fingerprint density at radius 2 is 2.24 bits per heavy atom. The quantitative estimate of drug-likeness (QED) is 0.793. The molecule has 1 aromatic rings. The van der Waals surface area contributed by atoms with Crippen molar-refractivity contribution in [1.82, 2.24) is 0 Å². The maximum absolute atomic E-state index is 12.3. The Balaban J connectivity index is 2.15. The van der Waals surface area contributed by atoms with Crippen LogP contribution in [0.1, 0.15) is 44.6 Å². The SMILES string of the molecule is CCC(C)CC(=O)C1CCOc2ccccc21. The Morgan fingerprint density at radius 3 is 3.00 bits per heavy atom. The lowest BCUT2D eigenvalue weighted by atomic mass is 9.85. The Hall–Kier alpha value is -1.31. The van der Waals surface area contributed by atoms with E-state index in [1.54, 1.807) is 0 Å². The zero-order chi connectivity index (χ0) is 12.3. The first kappa shape index (κ1) is 12.2. The summed E-state index contributed by atoms with van der Waals surface area (Å²) in [7, 11) is 0. The molecule has 1 heterocycles. The Labute approximate surface area is 103 Å². The van der Waals surface area contributed by atoms with Gasteiger partial charge in [-0.1, -0.05) is 38.5 Å². The molecule has 0 fully saturated rings. The molecular weight excluding hydrogens is 212 g/mol. The summed E-state index contributed by atoms with van der Waals surface area (Å²) < 4.78 is 5.58. The van der Waals surface area contributed by atoms with Gasteiger partial charge >= 0.3 is 0 Å². The van der Waals surface area contributed by atoms with E-state index in [2.05, 4.69) is 13.8 Å². The lowest BCUT2D eigenvalue weighted by Gasteiger charge is -2.25. The first-order chi connectivity index (χ1) is 8.22. The second-order valence-corrected chi connectivity index (χ2v) is 4.91. The van der Waals surface area contributed by atoms with Crippen molar-refractivity contribution >= 4 is 5.78 Å². The summed E-state index contributed by atoms with van der Waals surface area (Å²) in [6, 6.07) is 7.92. The van der Waals surface area contributed by atoms with Gasteiger partial charge in [0.25, 0.3) is 0 Å². The van der Waals surface area contributed by atoms with Crippen LogP contribution in [0.4, 0.5) is 0 Å². The van der Waals surface area contributed by atoms with Crippen LogP contribution < -0.4 is 4.74 Å². The highest BCUT2D eigenvalue weighted by molar-refractivity contribution is 5.86. The predicted octanol–water partition coefficient (Wildman–Crippen LogP) is 3.56. The number of carbonyl (C=O) groups excluding carboxylic acids is 1. The molecule has 2 rings (SSSR count). The third-order valence-corrected chi connectivity index (χ3v) is 3.59. The number of ketones is 1. The topological polar surface area (TPSA) is 26.3 Å². The van der Waals surface area contributed by atoms with E-state index in [1.165, 1.54) is 0 Å². The molecule has 17 heavy (non-hydrogen) atoms. The fourth-order valence-corrected chi connectivity index (χ4v) is 2.31. The predicted molar refractivity (Wildman–Crippen MR) is 68.4 cm³/mol. The highest BCUT2D eigenvalue weighted by Crippen LogP contribution is 2.35. The van der Waals surface area contributed by atoms with Crippen molar-refractivity contribution in [2.45, 2.75) is 39.0 Å². The van der Waals surface area contributed by atoms with E-state index in [0.29, 0.717) is 24.7 Å². The van der Waals surface area contributed by atoms with Crippen molar-refractivity contribution in [2.24, 2.45) is 5.92 Å². The first-order valence-corrected chi connectivity index (χ1v) is 6.46. The highest BCUT2D eigenvalue weighted by atomic mass is 16.5. The molecule has 0 aromatic heterocycles. The Bertz CT molecular complexity index is 398. The summed E-state index contributed by atoms with van der Waals surface area (Å²) in [6.07, 6.45) is 2.58. The van der Waals surface area contributed by atoms with Gasteiger partial charge in [0.15, 0.2) is 0 Å². The first-order valence-electron chi connectivity index (χ1n) is 6.46. The lowest BCUT2D eigenvalue weighted by Crippen LogP contribution is -2.22. The number of para-hydroxylation sites is 1. The number of rotatable bonds is 4. The number of hydrogen-bond acceptors (Lipinski definition) is 2. The average Bonchev–Trinajstić information content (AvgIpc) is 2.37. The van der Waals surface area contributed by atoms with E-state index in [-0.39, 0.29) is 5.92 Å². The number of fused-ring (bicyclic) bond motifs is 1. The molecule has 0 bridgehead atoms. The molecule has 1 aliphatic heterocycles. The van der Waals surface area contributed by atoms with E-state index in [1.807, 2.05) is 24.3 Å². The van der Waals surface area contributed by atoms with Gasteiger partial charge in [0.1, 0.15) is 11.5 Å². The van der Waals surface area contributed by atoms with Crippen LogP contribution in [0.5, 0.6) is 5.75 Å². The molecule has 92 valence electrons. The van der Waals surface area contributed by atoms with Gasteiger partial charge in [0, 0.05) is 17.9 Å². The molecule has 2 unspecified atom stereocenters. The number of hydrogen-bond donors (Lipinski definition) is 0. The second-order valence-electron chi connectivity index (χ2n) is 4.91. The van der Waals surface area contributed by atoms with Gasteiger partial charge in [-0.2, -0.15) is 0 Å². The molecule has 2 nitrogen and oxygen atoms in total. The number of benzene rings is 1. The largest absolute Gasteiger partial charge is 0.493 e. The summed E-state index contributed by atoms with van der Waals surface area (Å²) >= 11 is 0. The average molecular weight is 232 g/mol. The van der Waals surface area contributed by atoms with Gasteiger partial charge in [-0.3, -0.25) is 4.79 Å². The molecule has 2 heteroatoms. The van der Waals surface area contributed by atoms with Gasteiger partial charge < -0.3 is 4.74 Å². The van der Waals surface area contributed by atoms with E-state index < -0.39 is 0 Å². The molecule has 1 aliphatic rings. The standard InChI is InChI=1S/C15H20O2/c1-3-11(2)10-14(16)12-8-9-17-15-7-5-4-6-13(12)15/h4-7,11-12H,3,8-10H2,1-2H3. The van der Waals surface area contributed by atoms with Crippen molar-refractivity contribution in [1.29, 1.82) is 0 Å². The molecular formula is C15H20O2. The van der Waals surface area contributed by atoms with Gasteiger partial charge in [-0.05, 0) is 18.4 Å². The minimum absolute atomic E-state index is 0.0500. The van der Waals surface area contributed by atoms with E-state index in [0.717, 1.165) is 24.2 Å². The Kier molecular flexibility index (Phi) is 3.82. The number of carbonyl (C=O) groups is 1. The minimum Gasteiger partial charge on any atom is -0.493 e. The van der Waals surface area contributed by atoms with Gasteiger partial charge in [-0.25, -0.2) is 0 Å². The maximum atomic E-state index is 12.3. The lowest BCUT2D eigenvalue weighted by molar-refractivity contribution is -0.121. The van der Waals surface area contributed by atoms with Crippen LogP contribution in [0.15, 0.2) is 24.3 Å². The third kappa shape index (κ3) is 2.68. The van der Waals surface area contributed by atoms with Gasteiger partial charge in [-0.15, -0.1) is 0 Å². The number of Topliss-reactive ketones (excluding diaryl/α,β-unsaturated/α-hetero) is 1. The fourth-order valence-electron chi connectivity index (χ4n) is 2.31. The van der Waals surface area contributed by atoms with Gasteiger partial charge in [0.05, 0.1) is 6.61 Å². The van der Waals surface area contributed by atoms with Crippen molar-refractivity contribution in [3.05, 3.63) is 29.8 Å². The van der Waals surface area contributed by atoms with Crippen LogP contribution in [-0.4, -0.2) is 12.4 Å². The van der Waals surface area contributed by atoms with E-state index >= 15 is 0 Å². The van der Waals surface area contributed by atoms with Crippen LogP contribution in [0, 0.1) is 5.92 Å². The second kappa shape index (κ2) is 5.35. The van der Waals surface area contributed by atoms with Crippen molar-refractivity contribution in [3.63, 3.8) is 0 Å². The molecule has 0 saturated heterocycles. The van der Waals surface area contributed by atoms with Crippen molar-refractivity contribution < 1.29 is 9.53 Å². The molecule has 0 N–H and O–H groups in total. The molecule has 0 spiro atoms. The van der Waals surface area contributed by atoms with Crippen molar-refractivity contribution in [3.8, 4) is 5.75 Å². The summed E-state index contributed by atoms with van der Waals surface area (Å²) in [6.45, 7) is 4.94. The third-order valence-electron chi connectivity index (χ3n) is 3.59. The molecule has 0 radical (unpaired) electrons. The summed E-state index contributed by atoms with van der Waals surface area (Å²) in [5, 5.41) is 0. The zero-order valence-corrected chi connectivity index (χ0v) is 10.6. The Morgan fingerprint density at radius 1 is 1.47 bits per heavy atom. The van der Waals surface area contributed by atoms with Crippen LogP contribution in [0.25, 0.3) is 0 Å². The smallest absolute Gasteiger partial charge is 0.140 e. The van der Waals surface area contributed by atoms with Gasteiger partial charge in [0.2, 0.25) is 0 Å². The monoisotopic (exact) mass is 232 g/mol. The van der Waals surface area contributed by atoms with Crippen LogP contribution in [0.2, 0.25) is 0 Å².